The molecular formula is C15H22N2O3S2. The standard InChI is InChI=1S/C15H22N2O3S2/c1-2-10-22(19,20)16-7-3-5-15(12-16)6-8-17(14(15)18)13-4-9-21-11-13/h4,9,11H,2-3,5-8,10,12H2,1H3. The van der Waals surface area contributed by atoms with E-state index >= 15 is 0 Å². The molecule has 5 nitrogen and oxygen atoms in total. The van der Waals surface area contributed by atoms with Crippen LogP contribution in [0.25, 0.3) is 0 Å². The van der Waals surface area contributed by atoms with E-state index < -0.39 is 15.4 Å². The first kappa shape index (κ1) is 16.0. The number of thiophene rings is 1. The number of carbonyl (C=O) groups excluding carboxylic acids is 1. The van der Waals surface area contributed by atoms with Crippen molar-refractivity contribution >= 4 is 33.0 Å². The van der Waals surface area contributed by atoms with Crippen molar-refractivity contribution in [2.45, 2.75) is 32.6 Å². The average Bonchev–Trinajstić information content (AvgIpc) is 3.10. The van der Waals surface area contributed by atoms with Gasteiger partial charge in [-0.3, -0.25) is 4.79 Å². The van der Waals surface area contributed by atoms with Crippen LogP contribution in [0.5, 0.6) is 0 Å². The number of amides is 1. The van der Waals surface area contributed by atoms with Crippen molar-refractivity contribution in [3.8, 4) is 0 Å². The third kappa shape index (κ3) is 2.70. The molecule has 1 spiro atoms. The van der Waals surface area contributed by atoms with Crippen LogP contribution >= 0.6 is 11.3 Å². The van der Waals surface area contributed by atoms with Gasteiger partial charge in [-0.1, -0.05) is 6.92 Å². The van der Waals surface area contributed by atoms with E-state index in [9.17, 15) is 13.2 Å². The summed E-state index contributed by atoms with van der Waals surface area (Å²) in [6.45, 7) is 3.47. The first-order valence-electron chi connectivity index (χ1n) is 7.80. The van der Waals surface area contributed by atoms with Crippen molar-refractivity contribution in [3.05, 3.63) is 16.8 Å². The monoisotopic (exact) mass is 342 g/mol. The second kappa shape index (κ2) is 5.94. The summed E-state index contributed by atoms with van der Waals surface area (Å²) in [5.41, 5.74) is 0.432. The quantitative estimate of drug-likeness (QED) is 0.844. The number of sulfonamides is 1. The van der Waals surface area contributed by atoms with E-state index in [2.05, 4.69) is 0 Å². The maximum atomic E-state index is 12.9. The summed E-state index contributed by atoms with van der Waals surface area (Å²) in [6.07, 6.45) is 2.93. The van der Waals surface area contributed by atoms with Gasteiger partial charge in [0.05, 0.1) is 16.9 Å². The van der Waals surface area contributed by atoms with Crippen molar-refractivity contribution in [2.75, 3.05) is 30.3 Å². The van der Waals surface area contributed by atoms with Gasteiger partial charge in [0.1, 0.15) is 0 Å². The molecule has 2 saturated heterocycles. The fourth-order valence-corrected chi connectivity index (χ4v) is 5.84. The van der Waals surface area contributed by atoms with Crippen LogP contribution in [0, 0.1) is 5.41 Å². The minimum Gasteiger partial charge on any atom is -0.311 e. The lowest BCUT2D eigenvalue weighted by molar-refractivity contribution is -0.127. The highest BCUT2D eigenvalue weighted by molar-refractivity contribution is 7.89. The number of rotatable bonds is 4. The molecule has 0 saturated carbocycles. The van der Waals surface area contributed by atoms with E-state index in [1.165, 1.54) is 0 Å². The summed E-state index contributed by atoms with van der Waals surface area (Å²) in [6, 6.07) is 1.95. The molecule has 2 fully saturated rings. The Morgan fingerprint density at radius 2 is 2.14 bits per heavy atom. The molecule has 122 valence electrons. The Morgan fingerprint density at radius 3 is 2.82 bits per heavy atom. The van der Waals surface area contributed by atoms with Gasteiger partial charge in [0.15, 0.2) is 0 Å². The van der Waals surface area contributed by atoms with Crippen LogP contribution in [-0.2, 0) is 14.8 Å². The molecule has 7 heteroatoms. The average molecular weight is 342 g/mol. The number of piperidine rings is 1. The number of carbonyl (C=O) groups is 1. The zero-order chi connectivity index (χ0) is 15.8. The van der Waals surface area contributed by atoms with Gasteiger partial charge in [0, 0.05) is 25.0 Å². The predicted octanol–water partition coefficient (Wildman–Crippen LogP) is 2.31. The minimum absolute atomic E-state index is 0.0994. The van der Waals surface area contributed by atoms with E-state index in [0.717, 1.165) is 24.9 Å². The summed E-state index contributed by atoms with van der Waals surface area (Å²) >= 11 is 1.57. The molecule has 2 aliphatic heterocycles. The molecule has 1 atom stereocenters. The van der Waals surface area contributed by atoms with Crippen molar-refractivity contribution in [3.63, 3.8) is 0 Å². The molecule has 1 aromatic rings. The second-order valence-electron chi connectivity index (χ2n) is 6.22. The van der Waals surface area contributed by atoms with Crippen LogP contribution in [0.3, 0.4) is 0 Å². The Balaban J connectivity index is 1.81. The van der Waals surface area contributed by atoms with Gasteiger partial charge in [-0.2, -0.15) is 11.3 Å². The first-order valence-corrected chi connectivity index (χ1v) is 10.4. The maximum Gasteiger partial charge on any atom is 0.234 e. The summed E-state index contributed by atoms with van der Waals surface area (Å²) < 4.78 is 26.2. The van der Waals surface area contributed by atoms with Crippen LogP contribution in [0.15, 0.2) is 16.8 Å². The van der Waals surface area contributed by atoms with Crippen molar-refractivity contribution in [1.82, 2.24) is 4.31 Å². The molecule has 22 heavy (non-hydrogen) atoms. The van der Waals surface area contributed by atoms with Crippen LogP contribution in [-0.4, -0.2) is 44.0 Å². The van der Waals surface area contributed by atoms with Gasteiger partial charge in [-0.25, -0.2) is 12.7 Å². The maximum absolute atomic E-state index is 12.9. The van der Waals surface area contributed by atoms with E-state index in [0.29, 0.717) is 26.1 Å². The lowest BCUT2D eigenvalue weighted by atomic mass is 9.79. The summed E-state index contributed by atoms with van der Waals surface area (Å²) in [5, 5.41) is 3.94. The van der Waals surface area contributed by atoms with Gasteiger partial charge in [-0.15, -0.1) is 0 Å². The van der Waals surface area contributed by atoms with Crippen molar-refractivity contribution < 1.29 is 13.2 Å². The Kier molecular flexibility index (Phi) is 4.31. The van der Waals surface area contributed by atoms with Crippen LogP contribution in [0.1, 0.15) is 32.6 Å². The zero-order valence-electron chi connectivity index (χ0n) is 12.8. The summed E-state index contributed by atoms with van der Waals surface area (Å²) in [7, 11) is -3.23. The Labute approximate surface area is 136 Å². The summed E-state index contributed by atoms with van der Waals surface area (Å²) in [4.78, 5) is 14.7. The molecule has 1 amide bonds. The Bertz CT molecular complexity index is 642. The van der Waals surface area contributed by atoms with Crippen LogP contribution in [0.4, 0.5) is 5.69 Å². The second-order valence-corrected chi connectivity index (χ2v) is 9.09. The smallest absolute Gasteiger partial charge is 0.234 e. The third-order valence-corrected chi connectivity index (χ3v) is 7.42. The van der Waals surface area contributed by atoms with Crippen molar-refractivity contribution in [2.24, 2.45) is 5.41 Å². The SMILES string of the molecule is CCCS(=O)(=O)N1CCCC2(CCN(c3ccsc3)C2=O)C1. The lowest BCUT2D eigenvalue weighted by Gasteiger charge is -2.38. The largest absolute Gasteiger partial charge is 0.311 e. The van der Waals surface area contributed by atoms with E-state index in [-0.39, 0.29) is 11.7 Å². The molecule has 0 aliphatic carbocycles. The molecule has 0 N–H and O–H groups in total. The Morgan fingerprint density at radius 1 is 1.32 bits per heavy atom. The number of hydrogen-bond donors (Lipinski definition) is 0. The Hall–Kier alpha value is -0.920. The van der Waals surface area contributed by atoms with Crippen LogP contribution in [0.2, 0.25) is 0 Å². The topological polar surface area (TPSA) is 57.7 Å². The number of nitrogens with zero attached hydrogens (tertiary/aromatic N) is 2. The molecule has 1 aromatic heterocycles. The van der Waals surface area contributed by atoms with E-state index in [1.54, 1.807) is 15.6 Å². The van der Waals surface area contributed by atoms with Crippen molar-refractivity contribution in [1.29, 1.82) is 0 Å². The fraction of sp³-hybridized carbons (Fsp3) is 0.667. The van der Waals surface area contributed by atoms with Gasteiger partial charge in [0.2, 0.25) is 15.9 Å². The molecular weight excluding hydrogens is 320 g/mol. The highest BCUT2D eigenvalue weighted by Crippen LogP contribution is 2.42. The van der Waals surface area contributed by atoms with Gasteiger partial charge < -0.3 is 4.90 Å². The zero-order valence-corrected chi connectivity index (χ0v) is 14.5. The molecule has 1 unspecified atom stereocenters. The summed E-state index contributed by atoms with van der Waals surface area (Å²) in [5.74, 6) is 0.271. The molecule has 0 aromatic carbocycles. The normalized spacial score (nSPS) is 27.0. The molecule has 2 aliphatic rings. The highest BCUT2D eigenvalue weighted by atomic mass is 32.2. The first-order chi connectivity index (χ1) is 10.5. The number of hydrogen-bond acceptors (Lipinski definition) is 4. The molecule has 0 radical (unpaired) electrons. The molecule has 3 heterocycles. The molecule has 0 bridgehead atoms. The van der Waals surface area contributed by atoms with Crippen LogP contribution < -0.4 is 4.90 Å². The van der Waals surface area contributed by atoms with E-state index in [1.807, 2.05) is 28.7 Å². The third-order valence-electron chi connectivity index (χ3n) is 4.73. The number of anilines is 1. The van der Waals surface area contributed by atoms with Gasteiger partial charge in [-0.05, 0) is 37.1 Å². The van der Waals surface area contributed by atoms with E-state index in [4.69, 9.17) is 0 Å². The van der Waals surface area contributed by atoms with Gasteiger partial charge >= 0.3 is 0 Å². The fourth-order valence-electron chi connectivity index (χ4n) is 3.57. The predicted molar refractivity (Wildman–Crippen MR) is 88.6 cm³/mol. The minimum atomic E-state index is -3.23. The molecule has 3 rings (SSSR count). The lowest BCUT2D eigenvalue weighted by Crippen LogP contribution is -2.50. The highest BCUT2D eigenvalue weighted by Gasteiger charge is 2.50. The van der Waals surface area contributed by atoms with Gasteiger partial charge in [0.25, 0.3) is 0 Å².